The van der Waals surface area contributed by atoms with Gasteiger partial charge >= 0.3 is 0 Å². The molecule has 0 aliphatic heterocycles. The van der Waals surface area contributed by atoms with E-state index >= 15 is 0 Å². The lowest BCUT2D eigenvalue weighted by molar-refractivity contribution is 0.168. The quantitative estimate of drug-likeness (QED) is 0.369. The van der Waals surface area contributed by atoms with Crippen LogP contribution in [0.1, 0.15) is 0 Å². The van der Waals surface area contributed by atoms with E-state index in [9.17, 15) is 0 Å². The van der Waals surface area contributed by atoms with Gasteiger partial charge in [-0.1, -0.05) is 24.3 Å². The SMILES string of the molecule is ClC1[C@@H]2C=CC3C=C[C@@H]1C32. The third-order valence-electron chi connectivity index (χ3n) is 3.18. The van der Waals surface area contributed by atoms with Gasteiger partial charge in [-0.15, -0.1) is 11.6 Å². The second-order valence-corrected chi connectivity index (χ2v) is 4.03. The molecule has 0 unspecified atom stereocenters. The van der Waals surface area contributed by atoms with E-state index in [-0.39, 0.29) is 0 Å². The van der Waals surface area contributed by atoms with Gasteiger partial charge in [0.25, 0.3) is 0 Å². The maximum absolute atomic E-state index is 6.14. The average Bonchev–Trinajstić information content (AvgIpc) is 2.37. The van der Waals surface area contributed by atoms with Crippen LogP contribution in [0.2, 0.25) is 0 Å². The van der Waals surface area contributed by atoms with E-state index in [0.717, 1.165) is 11.8 Å². The van der Waals surface area contributed by atoms with E-state index in [1.54, 1.807) is 0 Å². The largest absolute Gasteiger partial charge is 0.122 e. The summed E-state index contributed by atoms with van der Waals surface area (Å²) in [5.41, 5.74) is 0. The maximum Gasteiger partial charge on any atom is 0.0467 e. The average molecular weight is 153 g/mol. The lowest BCUT2D eigenvalue weighted by Gasteiger charge is -2.42. The van der Waals surface area contributed by atoms with Crippen LogP contribution in [0.4, 0.5) is 0 Å². The summed E-state index contributed by atoms with van der Waals surface area (Å²) in [6.45, 7) is 0. The highest BCUT2D eigenvalue weighted by Crippen LogP contribution is 2.57. The van der Waals surface area contributed by atoms with Gasteiger partial charge in [-0.05, 0) is 23.7 Å². The Bertz CT molecular complexity index is 207. The fraction of sp³-hybridized carbons (Fsp3) is 0.556. The van der Waals surface area contributed by atoms with Gasteiger partial charge in [0, 0.05) is 5.38 Å². The Balaban J connectivity index is 2.06. The van der Waals surface area contributed by atoms with Gasteiger partial charge < -0.3 is 0 Å². The van der Waals surface area contributed by atoms with E-state index in [1.165, 1.54) is 0 Å². The predicted molar refractivity (Wildman–Crippen MR) is 41.9 cm³/mol. The molecule has 52 valence electrons. The van der Waals surface area contributed by atoms with Gasteiger partial charge in [-0.3, -0.25) is 0 Å². The number of allylic oxidation sites excluding steroid dienone is 4. The van der Waals surface area contributed by atoms with Crippen LogP contribution >= 0.6 is 11.6 Å². The summed E-state index contributed by atoms with van der Waals surface area (Å²) in [5, 5.41) is 0.407. The standard InChI is InChI=1S/C9H9Cl/c10-9-6-3-1-5-2-4-7(9)8(5)6/h1-9H/t5?,6-,7-,8?,9?/m1/s1. The minimum atomic E-state index is 0.407. The molecular formula is C9H9Cl. The van der Waals surface area contributed by atoms with Gasteiger partial charge in [0.1, 0.15) is 0 Å². The topological polar surface area (TPSA) is 0 Å². The van der Waals surface area contributed by atoms with Crippen molar-refractivity contribution in [2.24, 2.45) is 23.7 Å². The molecule has 0 nitrogen and oxygen atoms in total. The summed E-state index contributed by atoms with van der Waals surface area (Å²) in [5.74, 6) is 3.01. The van der Waals surface area contributed by atoms with Crippen molar-refractivity contribution in [2.45, 2.75) is 5.38 Å². The van der Waals surface area contributed by atoms with Crippen LogP contribution in [0.15, 0.2) is 24.3 Å². The summed E-state index contributed by atoms with van der Waals surface area (Å²) in [6.07, 6.45) is 9.22. The maximum atomic E-state index is 6.14. The van der Waals surface area contributed by atoms with Crippen molar-refractivity contribution in [3.05, 3.63) is 24.3 Å². The van der Waals surface area contributed by atoms with Gasteiger partial charge in [-0.25, -0.2) is 0 Å². The van der Waals surface area contributed by atoms with Crippen molar-refractivity contribution < 1.29 is 0 Å². The summed E-state index contributed by atoms with van der Waals surface area (Å²) in [4.78, 5) is 0. The van der Waals surface area contributed by atoms with Gasteiger partial charge in [0.05, 0.1) is 0 Å². The van der Waals surface area contributed by atoms with Crippen LogP contribution in [-0.2, 0) is 0 Å². The van der Waals surface area contributed by atoms with Crippen LogP contribution in [0.5, 0.6) is 0 Å². The molecule has 3 rings (SSSR count). The Hall–Kier alpha value is -0.230. The highest BCUT2D eigenvalue weighted by atomic mass is 35.5. The molecule has 0 saturated heterocycles. The minimum Gasteiger partial charge on any atom is -0.122 e. The normalized spacial score (nSPS) is 60.7. The molecule has 0 aromatic heterocycles. The fourth-order valence-electron chi connectivity index (χ4n) is 2.61. The summed E-state index contributed by atoms with van der Waals surface area (Å²) in [7, 11) is 0. The summed E-state index contributed by atoms with van der Waals surface area (Å²) >= 11 is 6.14. The highest BCUT2D eigenvalue weighted by molar-refractivity contribution is 6.22. The molecular weight excluding hydrogens is 144 g/mol. The van der Waals surface area contributed by atoms with E-state index in [4.69, 9.17) is 11.6 Å². The van der Waals surface area contributed by atoms with Crippen molar-refractivity contribution in [3.63, 3.8) is 0 Å². The molecule has 1 heteroatoms. The molecule has 0 aromatic carbocycles. The number of halogens is 1. The molecule has 0 heterocycles. The zero-order valence-corrected chi connectivity index (χ0v) is 6.33. The second kappa shape index (κ2) is 1.50. The predicted octanol–water partition coefficient (Wildman–Crippen LogP) is 2.21. The molecule has 2 atom stereocenters. The molecule has 10 heavy (non-hydrogen) atoms. The third kappa shape index (κ3) is 0.402. The Morgan fingerprint density at radius 1 is 0.900 bits per heavy atom. The molecule has 1 saturated carbocycles. The zero-order chi connectivity index (χ0) is 6.72. The van der Waals surface area contributed by atoms with Crippen molar-refractivity contribution >= 4 is 11.6 Å². The van der Waals surface area contributed by atoms with Crippen molar-refractivity contribution in [1.82, 2.24) is 0 Å². The Labute approximate surface area is 65.6 Å². The van der Waals surface area contributed by atoms with Crippen LogP contribution in [-0.4, -0.2) is 5.38 Å². The first kappa shape index (κ1) is 5.42. The highest BCUT2D eigenvalue weighted by Gasteiger charge is 2.54. The van der Waals surface area contributed by atoms with Gasteiger partial charge in [-0.2, -0.15) is 0 Å². The van der Waals surface area contributed by atoms with Crippen molar-refractivity contribution in [1.29, 1.82) is 0 Å². The van der Waals surface area contributed by atoms with Crippen molar-refractivity contribution in [3.8, 4) is 0 Å². The number of rotatable bonds is 0. The lowest BCUT2D eigenvalue weighted by atomic mass is 9.66. The first-order valence-electron chi connectivity index (χ1n) is 3.88. The second-order valence-electron chi connectivity index (χ2n) is 3.52. The van der Waals surface area contributed by atoms with E-state index in [0.29, 0.717) is 17.2 Å². The fourth-order valence-corrected chi connectivity index (χ4v) is 3.11. The summed E-state index contributed by atoms with van der Waals surface area (Å²) < 4.78 is 0. The number of hydrogen-bond acceptors (Lipinski definition) is 0. The monoisotopic (exact) mass is 152 g/mol. The summed E-state index contributed by atoms with van der Waals surface area (Å²) in [6, 6.07) is 0. The molecule has 0 aromatic rings. The van der Waals surface area contributed by atoms with Gasteiger partial charge in [0.15, 0.2) is 0 Å². The van der Waals surface area contributed by atoms with Crippen LogP contribution in [0.3, 0.4) is 0 Å². The molecule has 3 aliphatic carbocycles. The van der Waals surface area contributed by atoms with Crippen LogP contribution in [0, 0.1) is 23.7 Å². The first-order valence-corrected chi connectivity index (χ1v) is 4.32. The molecule has 0 amide bonds. The third-order valence-corrected chi connectivity index (χ3v) is 3.76. The Kier molecular flexibility index (Phi) is 0.815. The van der Waals surface area contributed by atoms with Gasteiger partial charge in [0.2, 0.25) is 0 Å². The van der Waals surface area contributed by atoms with Crippen LogP contribution in [0.25, 0.3) is 0 Å². The Morgan fingerprint density at radius 3 is 2.10 bits per heavy atom. The van der Waals surface area contributed by atoms with Crippen LogP contribution < -0.4 is 0 Å². The number of hydrogen-bond donors (Lipinski definition) is 0. The minimum absolute atomic E-state index is 0.407. The first-order chi connectivity index (χ1) is 4.88. The zero-order valence-electron chi connectivity index (χ0n) is 5.57. The van der Waals surface area contributed by atoms with E-state index in [2.05, 4.69) is 24.3 Å². The molecule has 0 bridgehead atoms. The van der Waals surface area contributed by atoms with Crippen molar-refractivity contribution in [2.75, 3.05) is 0 Å². The number of alkyl halides is 1. The smallest absolute Gasteiger partial charge is 0.0467 e. The molecule has 1 fully saturated rings. The molecule has 0 radical (unpaired) electrons. The molecule has 0 spiro atoms. The molecule has 3 aliphatic rings. The van der Waals surface area contributed by atoms with E-state index in [1.807, 2.05) is 0 Å². The lowest BCUT2D eigenvalue weighted by Crippen LogP contribution is -2.43. The Morgan fingerprint density at radius 2 is 1.50 bits per heavy atom. The molecule has 0 N–H and O–H groups in total. The van der Waals surface area contributed by atoms with E-state index < -0.39 is 0 Å².